The molecule has 0 aliphatic carbocycles. The van der Waals surface area contributed by atoms with Crippen LogP contribution >= 0.6 is 11.8 Å². The van der Waals surface area contributed by atoms with E-state index in [4.69, 9.17) is 0 Å². The van der Waals surface area contributed by atoms with Gasteiger partial charge < -0.3 is 10.5 Å². The van der Waals surface area contributed by atoms with Gasteiger partial charge in [0, 0.05) is 23.3 Å². The molecule has 0 fully saturated rings. The van der Waals surface area contributed by atoms with Crippen LogP contribution in [0.3, 0.4) is 0 Å². The number of thioether (sulfide) groups is 1. The van der Waals surface area contributed by atoms with Gasteiger partial charge in [0.1, 0.15) is 11.1 Å². The zero-order chi connectivity index (χ0) is 16.7. The van der Waals surface area contributed by atoms with Gasteiger partial charge in [0.2, 0.25) is 5.16 Å². The van der Waals surface area contributed by atoms with E-state index in [0.717, 1.165) is 5.56 Å². The fraction of sp³-hybridized carbons (Fsp3) is 0.0667. The Morgan fingerprint density at radius 3 is 2.83 bits per heavy atom. The maximum Gasteiger partial charge on any atom is 0.270 e. The molecule has 4 rings (SSSR count). The van der Waals surface area contributed by atoms with Crippen LogP contribution < -0.4 is 5.43 Å². The zero-order valence-corrected chi connectivity index (χ0v) is 13.0. The average molecular weight is 341 g/mol. The van der Waals surface area contributed by atoms with Crippen molar-refractivity contribution in [2.45, 2.75) is 10.5 Å². The second-order valence-corrected chi connectivity index (χ2v) is 6.21. The minimum atomic E-state index is -0.447. The highest BCUT2D eigenvalue weighted by atomic mass is 32.2. The number of nitrogens with one attached hydrogen (secondary N) is 1. The minimum Gasteiger partial charge on any atom is -0.508 e. The van der Waals surface area contributed by atoms with Crippen molar-refractivity contribution in [3.63, 3.8) is 0 Å². The molecule has 1 aliphatic rings. The van der Waals surface area contributed by atoms with Crippen molar-refractivity contribution in [1.29, 1.82) is 0 Å². The van der Waals surface area contributed by atoms with Gasteiger partial charge in [-0.15, -0.1) is 10.2 Å². The second kappa shape index (κ2) is 5.53. The first kappa shape index (κ1) is 14.5. The molecular formula is C15H11N5O3S. The highest BCUT2D eigenvalue weighted by Gasteiger charge is 2.29. The average Bonchev–Trinajstić information content (AvgIpc) is 3.15. The van der Waals surface area contributed by atoms with E-state index in [1.54, 1.807) is 28.9 Å². The number of para-hydroxylation sites is 1. The Morgan fingerprint density at radius 1 is 1.21 bits per heavy atom. The number of phenolic OH excluding ortho intramolecular Hbond substituents is 1. The van der Waals surface area contributed by atoms with Crippen LogP contribution in [0.15, 0.2) is 53.7 Å². The first-order valence-corrected chi connectivity index (χ1v) is 7.93. The summed E-state index contributed by atoms with van der Waals surface area (Å²) >= 11 is 1.41. The first-order chi connectivity index (χ1) is 11.6. The third-order valence-corrected chi connectivity index (χ3v) is 4.71. The lowest BCUT2D eigenvalue weighted by Crippen LogP contribution is -2.13. The molecule has 9 heteroatoms. The van der Waals surface area contributed by atoms with Gasteiger partial charge in [-0.25, -0.2) is 4.68 Å². The summed E-state index contributed by atoms with van der Waals surface area (Å²) in [5.41, 5.74) is 4.53. The first-order valence-electron chi connectivity index (χ1n) is 7.05. The zero-order valence-electron chi connectivity index (χ0n) is 12.2. The smallest absolute Gasteiger partial charge is 0.270 e. The summed E-state index contributed by atoms with van der Waals surface area (Å²) in [5, 5.41) is 29.6. The van der Waals surface area contributed by atoms with Gasteiger partial charge in [-0.05, 0) is 6.07 Å². The van der Waals surface area contributed by atoms with Crippen molar-refractivity contribution >= 4 is 17.4 Å². The number of hydrogen-bond donors (Lipinski definition) is 2. The number of nitro groups is 1. The van der Waals surface area contributed by atoms with Gasteiger partial charge in [0.25, 0.3) is 5.69 Å². The Kier molecular flexibility index (Phi) is 3.35. The molecule has 2 aromatic carbocycles. The van der Waals surface area contributed by atoms with E-state index < -0.39 is 4.92 Å². The molecule has 2 heterocycles. The normalized spacial score (nSPS) is 15.8. The molecule has 1 atom stereocenters. The molecule has 0 saturated heterocycles. The predicted octanol–water partition coefficient (Wildman–Crippen LogP) is 2.91. The second-order valence-electron chi connectivity index (χ2n) is 5.13. The van der Waals surface area contributed by atoms with Gasteiger partial charge in [-0.2, -0.15) is 0 Å². The number of fused-ring (bicyclic) bond motifs is 1. The Bertz CT molecular complexity index is 942. The van der Waals surface area contributed by atoms with E-state index in [1.165, 1.54) is 23.9 Å². The van der Waals surface area contributed by atoms with E-state index in [9.17, 15) is 15.2 Å². The summed E-state index contributed by atoms with van der Waals surface area (Å²) in [6.45, 7) is 0. The predicted molar refractivity (Wildman–Crippen MR) is 88.2 cm³/mol. The number of aromatic nitrogens is 3. The summed E-state index contributed by atoms with van der Waals surface area (Å²) in [5.74, 6) is 0.678. The molecule has 0 radical (unpaired) electrons. The number of aromatic hydroxyl groups is 1. The van der Waals surface area contributed by atoms with Crippen LogP contribution in [0.2, 0.25) is 0 Å². The SMILES string of the molecule is O=[N+]([O-])c1cccc(-c2nnc3n2NC(c2ccccc2O)S3)c1. The van der Waals surface area contributed by atoms with Crippen molar-refractivity contribution in [1.82, 2.24) is 14.9 Å². The summed E-state index contributed by atoms with van der Waals surface area (Å²) in [6.07, 6.45) is 0. The Balaban J connectivity index is 1.69. The van der Waals surface area contributed by atoms with Crippen LogP contribution in [0, 0.1) is 10.1 Å². The molecule has 3 aromatic rings. The molecule has 0 bridgehead atoms. The van der Waals surface area contributed by atoms with Gasteiger partial charge in [-0.3, -0.25) is 10.1 Å². The number of phenols is 1. The Hall–Kier alpha value is -3.07. The lowest BCUT2D eigenvalue weighted by Gasteiger charge is -2.13. The highest BCUT2D eigenvalue weighted by molar-refractivity contribution is 7.99. The van der Waals surface area contributed by atoms with Crippen LogP contribution in [-0.2, 0) is 0 Å². The molecule has 120 valence electrons. The molecule has 2 N–H and O–H groups in total. The molecule has 1 unspecified atom stereocenters. The standard InChI is InChI=1S/C15H11N5O3S/c21-12-7-2-1-6-11(12)14-18-19-13(16-17-15(19)24-14)9-4-3-5-10(8-9)20(22)23/h1-8,14,18,21H. The Morgan fingerprint density at radius 2 is 2.04 bits per heavy atom. The van der Waals surface area contributed by atoms with E-state index in [-0.39, 0.29) is 16.8 Å². The van der Waals surface area contributed by atoms with Gasteiger partial charge in [0.15, 0.2) is 5.82 Å². The third-order valence-electron chi connectivity index (χ3n) is 3.64. The maximum absolute atomic E-state index is 10.9. The monoisotopic (exact) mass is 341 g/mol. The number of nitrogens with zero attached hydrogens (tertiary/aromatic N) is 4. The molecule has 1 aliphatic heterocycles. The molecule has 0 amide bonds. The van der Waals surface area contributed by atoms with E-state index in [1.807, 2.05) is 12.1 Å². The Labute approximate surface area is 140 Å². The van der Waals surface area contributed by atoms with E-state index >= 15 is 0 Å². The van der Waals surface area contributed by atoms with Crippen molar-refractivity contribution in [2.24, 2.45) is 0 Å². The number of benzene rings is 2. The summed E-state index contributed by atoms with van der Waals surface area (Å²) < 4.78 is 1.68. The van der Waals surface area contributed by atoms with Crippen molar-refractivity contribution in [3.05, 3.63) is 64.2 Å². The van der Waals surface area contributed by atoms with Crippen LogP contribution in [0.5, 0.6) is 5.75 Å². The van der Waals surface area contributed by atoms with Crippen molar-refractivity contribution in [2.75, 3.05) is 5.43 Å². The largest absolute Gasteiger partial charge is 0.508 e. The van der Waals surface area contributed by atoms with E-state index in [0.29, 0.717) is 16.5 Å². The molecule has 0 spiro atoms. The number of rotatable bonds is 3. The maximum atomic E-state index is 10.9. The molecule has 24 heavy (non-hydrogen) atoms. The lowest BCUT2D eigenvalue weighted by molar-refractivity contribution is -0.384. The highest BCUT2D eigenvalue weighted by Crippen LogP contribution is 2.42. The summed E-state index contributed by atoms with van der Waals surface area (Å²) in [4.78, 5) is 10.5. The topological polar surface area (TPSA) is 106 Å². The number of nitro benzene ring substituents is 1. The van der Waals surface area contributed by atoms with Crippen molar-refractivity contribution in [3.8, 4) is 17.1 Å². The fourth-order valence-corrected chi connectivity index (χ4v) is 3.53. The van der Waals surface area contributed by atoms with Crippen LogP contribution in [-0.4, -0.2) is 24.9 Å². The van der Waals surface area contributed by atoms with E-state index in [2.05, 4.69) is 15.6 Å². The summed E-state index contributed by atoms with van der Waals surface area (Å²) in [7, 11) is 0. The molecule has 0 saturated carbocycles. The minimum absolute atomic E-state index is 0.00671. The van der Waals surface area contributed by atoms with Crippen LogP contribution in [0.25, 0.3) is 11.4 Å². The quantitative estimate of drug-likeness (QED) is 0.557. The molecule has 8 nitrogen and oxygen atoms in total. The van der Waals surface area contributed by atoms with Crippen LogP contribution in [0.1, 0.15) is 10.9 Å². The number of non-ortho nitro benzene ring substituents is 1. The fourth-order valence-electron chi connectivity index (χ4n) is 2.50. The van der Waals surface area contributed by atoms with Gasteiger partial charge in [-0.1, -0.05) is 42.1 Å². The molecular weight excluding hydrogens is 330 g/mol. The summed E-state index contributed by atoms with van der Waals surface area (Å²) in [6, 6.07) is 13.3. The molecule has 1 aromatic heterocycles. The van der Waals surface area contributed by atoms with Crippen LogP contribution in [0.4, 0.5) is 5.69 Å². The van der Waals surface area contributed by atoms with Gasteiger partial charge >= 0.3 is 0 Å². The van der Waals surface area contributed by atoms with Crippen molar-refractivity contribution < 1.29 is 10.0 Å². The lowest BCUT2D eigenvalue weighted by atomic mass is 10.2. The van der Waals surface area contributed by atoms with Gasteiger partial charge in [0.05, 0.1) is 4.92 Å². The number of hydrogen-bond acceptors (Lipinski definition) is 7. The third kappa shape index (κ3) is 2.35.